The maximum atomic E-state index is 12.3. The molecule has 182 valence electrons. The predicted molar refractivity (Wildman–Crippen MR) is 145 cm³/mol. The molecule has 3 heterocycles. The number of ether oxygens (including phenoxy) is 1. The first-order valence-corrected chi connectivity index (χ1v) is 12.9. The Labute approximate surface area is 223 Å². The number of benzene rings is 2. The Kier molecular flexibility index (Phi) is 6.96. The Bertz CT molecular complexity index is 1470. The van der Waals surface area contributed by atoms with E-state index in [0.717, 1.165) is 45.9 Å². The molecule has 0 spiro atoms. The fourth-order valence-electron chi connectivity index (χ4n) is 4.17. The van der Waals surface area contributed by atoms with Gasteiger partial charge in [0.05, 0.1) is 5.69 Å². The lowest BCUT2D eigenvalue weighted by molar-refractivity contribution is 0.0998. The number of nitrogens with two attached hydrogens (primary N) is 1. The monoisotopic (exact) mass is 536 g/mol. The Morgan fingerprint density at radius 2 is 2.00 bits per heavy atom. The zero-order chi connectivity index (χ0) is 25.2. The van der Waals surface area contributed by atoms with Gasteiger partial charge in [-0.3, -0.25) is 4.79 Å². The topological polar surface area (TPSA) is 81.3 Å². The van der Waals surface area contributed by atoms with Crippen LogP contribution in [0.25, 0.3) is 11.3 Å². The van der Waals surface area contributed by atoms with E-state index in [0.29, 0.717) is 15.6 Å². The quantitative estimate of drug-likeness (QED) is 0.260. The Morgan fingerprint density at radius 1 is 1.17 bits per heavy atom. The fraction of sp³-hybridized carbons (Fsp3) is 0.148. The summed E-state index contributed by atoms with van der Waals surface area (Å²) in [6.45, 7) is 1.89. The van der Waals surface area contributed by atoms with E-state index in [1.807, 2.05) is 61.7 Å². The number of anilines is 2. The smallest absolute Gasteiger partial charge is 0.262 e. The summed E-state index contributed by atoms with van der Waals surface area (Å²) in [5.41, 5.74) is 10.4. The maximum absolute atomic E-state index is 12.3. The molecule has 36 heavy (non-hydrogen) atoms. The molecular weight excluding hydrogens is 515 g/mol. The van der Waals surface area contributed by atoms with E-state index in [1.54, 1.807) is 6.20 Å². The molecule has 6 nitrogen and oxygen atoms in total. The lowest BCUT2D eigenvalue weighted by Crippen LogP contribution is -2.12. The number of rotatable bonds is 6. The van der Waals surface area contributed by atoms with Crippen molar-refractivity contribution in [3.63, 3.8) is 0 Å². The number of halogens is 2. The van der Waals surface area contributed by atoms with Gasteiger partial charge in [-0.2, -0.15) is 0 Å². The molecule has 0 fully saturated rings. The summed E-state index contributed by atoms with van der Waals surface area (Å²) in [5.74, 6) is -0.107. The highest BCUT2D eigenvalue weighted by atomic mass is 35.5. The summed E-state index contributed by atoms with van der Waals surface area (Å²) in [6, 6.07) is 17.3. The second kappa shape index (κ2) is 10.3. The molecule has 0 saturated carbocycles. The number of aryl methyl sites for hydroxylation is 1. The molecule has 1 aliphatic rings. The van der Waals surface area contributed by atoms with Gasteiger partial charge in [-0.1, -0.05) is 41.9 Å². The van der Waals surface area contributed by atoms with E-state index in [2.05, 4.69) is 27.0 Å². The number of allylic oxidation sites excluding steroid dienone is 1. The first kappa shape index (κ1) is 24.3. The van der Waals surface area contributed by atoms with Gasteiger partial charge in [-0.05, 0) is 61.2 Å². The van der Waals surface area contributed by atoms with Crippen molar-refractivity contribution in [1.82, 2.24) is 9.97 Å². The van der Waals surface area contributed by atoms with E-state index in [-0.39, 0.29) is 11.4 Å². The first-order valence-electron chi connectivity index (χ1n) is 11.3. The number of thiophene rings is 1. The molecule has 1 aliphatic heterocycles. The van der Waals surface area contributed by atoms with Crippen LogP contribution in [-0.2, 0) is 6.42 Å². The summed E-state index contributed by atoms with van der Waals surface area (Å²) in [5, 5.41) is 1.63. The first-order chi connectivity index (χ1) is 17.4. The van der Waals surface area contributed by atoms with Crippen LogP contribution in [0.15, 0.2) is 73.1 Å². The highest BCUT2D eigenvalue weighted by molar-refractivity contribution is 7.18. The van der Waals surface area contributed by atoms with E-state index in [9.17, 15) is 4.79 Å². The van der Waals surface area contributed by atoms with E-state index in [4.69, 9.17) is 33.7 Å². The third-order valence-corrected chi connectivity index (χ3v) is 7.55. The average molecular weight is 537 g/mol. The van der Waals surface area contributed by atoms with E-state index in [1.165, 1.54) is 11.3 Å². The third-order valence-electron chi connectivity index (χ3n) is 5.89. The van der Waals surface area contributed by atoms with Crippen LogP contribution in [0.4, 0.5) is 10.7 Å². The molecule has 1 atom stereocenters. The molecule has 0 radical (unpaired) electrons. The molecule has 2 aromatic heterocycles. The maximum Gasteiger partial charge on any atom is 0.262 e. The normalized spacial score (nSPS) is 13.7. The van der Waals surface area contributed by atoms with Crippen LogP contribution < -0.4 is 15.4 Å². The summed E-state index contributed by atoms with van der Waals surface area (Å²) in [4.78, 5) is 23.0. The Morgan fingerprint density at radius 3 is 2.78 bits per heavy atom. The Balaban J connectivity index is 1.50. The summed E-state index contributed by atoms with van der Waals surface area (Å²) in [7, 11) is 0. The zero-order valence-corrected chi connectivity index (χ0v) is 21.6. The molecule has 0 aliphatic carbocycles. The summed E-state index contributed by atoms with van der Waals surface area (Å²) < 4.78 is 6.20. The van der Waals surface area contributed by atoms with E-state index < -0.39 is 5.91 Å². The van der Waals surface area contributed by atoms with Crippen LogP contribution in [0.2, 0.25) is 10.3 Å². The standard InChI is InChI=1S/C27H22Cl2N4O2S/c1-16(19-7-2-3-8-20(19)28)35-23-15-24(36-25(23)26(30)34)33-13-5-4-6-18-14-17(9-10-22(18)33)21-11-12-31-27(29)32-21/h2-3,5,7-16H,4,6H2,1H3,(H2,30,34). The van der Waals surface area contributed by atoms with E-state index >= 15 is 0 Å². The van der Waals surface area contributed by atoms with Crippen LogP contribution in [0.1, 0.15) is 40.2 Å². The van der Waals surface area contributed by atoms with Gasteiger partial charge in [0.15, 0.2) is 0 Å². The van der Waals surface area contributed by atoms with Crippen LogP contribution in [0, 0.1) is 0 Å². The highest BCUT2D eigenvalue weighted by Crippen LogP contribution is 2.43. The minimum absolute atomic E-state index is 0.210. The van der Waals surface area contributed by atoms with Gasteiger partial charge < -0.3 is 15.4 Å². The molecule has 1 amide bonds. The third kappa shape index (κ3) is 4.95. The number of aromatic nitrogens is 2. The SMILES string of the molecule is CC(Oc1cc(N2C=CCCc3cc(-c4ccnc(Cl)n4)ccc32)sc1C(N)=O)c1ccccc1Cl. The number of carbonyl (C=O) groups excluding carboxylic acids is 1. The molecule has 2 aromatic carbocycles. The molecule has 9 heteroatoms. The number of hydrogen-bond donors (Lipinski definition) is 1. The van der Waals surface area contributed by atoms with Crippen molar-refractivity contribution in [2.24, 2.45) is 5.73 Å². The fourth-order valence-corrected chi connectivity index (χ4v) is 5.54. The number of carbonyl (C=O) groups is 1. The molecule has 0 saturated heterocycles. The molecule has 4 aromatic rings. The van der Waals surface area contributed by atoms with Crippen LogP contribution >= 0.6 is 34.5 Å². The van der Waals surface area contributed by atoms with Crippen molar-refractivity contribution in [3.8, 4) is 17.0 Å². The van der Waals surface area contributed by atoms with Gasteiger partial charge in [0.1, 0.15) is 21.7 Å². The van der Waals surface area contributed by atoms with Crippen molar-refractivity contribution >= 4 is 51.1 Å². The number of amides is 1. The van der Waals surface area contributed by atoms with Gasteiger partial charge in [0, 0.05) is 40.3 Å². The minimum Gasteiger partial charge on any atom is -0.484 e. The zero-order valence-electron chi connectivity index (χ0n) is 19.3. The summed E-state index contributed by atoms with van der Waals surface area (Å²) in [6.07, 6.45) is 7.14. The summed E-state index contributed by atoms with van der Waals surface area (Å²) >= 11 is 13.6. The number of fused-ring (bicyclic) bond motifs is 1. The van der Waals surface area contributed by atoms with Gasteiger partial charge >= 0.3 is 0 Å². The van der Waals surface area contributed by atoms with Crippen molar-refractivity contribution in [2.75, 3.05) is 4.90 Å². The second-order valence-corrected chi connectivity index (χ2v) is 10.0. The van der Waals surface area contributed by atoms with Gasteiger partial charge in [0.25, 0.3) is 5.91 Å². The molecule has 5 rings (SSSR count). The minimum atomic E-state index is -0.539. The largest absolute Gasteiger partial charge is 0.484 e. The van der Waals surface area contributed by atoms with Crippen LogP contribution in [0.5, 0.6) is 5.75 Å². The molecule has 0 bridgehead atoms. The molecule has 1 unspecified atom stereocenters. The number of nitrogens with zero attached hydrogens (tertiary/aromatic N) is 3. The average Bonchev–Trinajstić information content (AvgIpc) is 3.16. The lowest BCUT2D eigenvalue weighted by Gasteiger charge is -2.21. The molecule has 2 N–H and O–H groups in total. The number of primary amides is 1. The van der Waals surface area contributed by atoms with Gasteiger partial charge in [-0.15, -0.1) is 11.3 Å². The Hall–Kier alpha value is -3.39. The van der Waals surface area contributed by atoms with Crippen molar-refractivity contribution in [3.05, 3.63) is 99.4 Å². The predicted octanol–water partition coefficient (Wildman–Crippen LogP) is 7.35. The number of hydrogen-bond acceptors (Lipinski definition) is 6. The van der Waals surface area contributed by atoms with Gasteiger partial charge in [-0.25, -0.2) is 9.97 Å². The van der Waals surface area contributed by atoms with Crippen molar-refractivity contribution in [2.45, 2.75) is 25.9 Å². The van der Waals surface area contributed by atoms with Gasteiger partial charge in [0.2, 0.25) is 5.28 Å². The highest BCUT2D eigenvalue weighted by Gasteiger charge is 2.23. The van der Waals surface area contributed by atoms with Crippen molar-refractivity contribution < 1.29 is 9.53 Å². The van der Waals surface area contributed by atoms with Crippen molar-refractivity contribution in [1.29, 1.82) is 0 Å². The molecular formula is C27H22Cl2N4O2S. The van der Waals surface area contributed by atoms with Crippen LogP contribution in [0.3, 0.4) is 0 Å². The lowest BCUT2D eigenvalue weighted by atomic mass is 10.0. The van der Waals surface area contributed by atoms with Crippen LogP contribution in [-0.4, -0.2) is 15.9 Å². The second-order valence-electron chi connectivity index (χ2n) is 8.27.